The quantitative estimate of drug-likeness (QED) is 0.558. The summed E-state index contributed by atoms with van der Waals surface area (Å²) in [6, 6.07) is 16.8. The predicted octanol–water partition coefficient (Wildman–Crippen LogP) is 2.54. The highest BCUT2D eigenvalue weighted by Crippen LogP contribution is 2.08. The van der Waals surface area contributed by atoms with Crippen LogP contribution in [-0.4, -0.2) is 30.0 Å². The molecule has 0 aliphatic rings. The van der Waals surface area contributed by atoms with Crippen molar-refractivity contribution in [3.63, 3.8) is 0 Å². The Morgan fingerprint density at radius 2 is 1.43 bits per heavy atom. The van der Waals surface area contributed by atoms with Gasteiger partial charge in [0.15, 0.2) is 0 Å². The molecule has 0 heterocycles. The molecule has 0 saturated heterocycles. The maximum Gasteiger partial charge on any atom is 0.408 e. The van der Waals surface area contributed by atoms with E-state index < -0.39 is 30.0 Å². The van der Waals surface area contributed by atoms with E-state index in [1.807, 2.05) is 74.5 Å². The van der Waals surface area contributed by atoms with Crippen LogP contribution in [0, 0.1) is 5.92 Å². The van der Waals surface area contributed by atoms with Gasteiger partial charge in [0.1, 0.15) is 18.7 Å². The zero-order valence-electron chi connectivity index (χ0n) is 17.3. The van der Waals surface area contributed by atoms with Gasteiger partial charge in [-0.15, -0.1) is 0 Å². The molecule has 2 rings (SSSR count). The van der Waals surface area contributed by atoms with E-state index in [0.29, 0.717) is 6.42 Å². The Hall–Kier alpha value is -3.35. The number of amides is 3. The van der Waals surface area contributed by atoms with Gasteiger partial charge in [-0.2, -0.15) is 0 Å². The number of hydrogen-bond donors (Lipinski definition) is 3. The summed E-state index contributed by atoms with van der Waals surface area (Å²) in [5.41, 5.74) is 7.20. The molecular formula is C23H29N3O4. The van der Waals surface area contributed by atoms with Gasteiger partial charge in [0.2, 0.25) is 11.8 Å². The molecule has 0 aromatic heterocycles. The lowest BCUT2D eigenvalue weighted by Gasteiger charge is -2.23. The van der Waals surface area contributed by atoms with Crippen molar-refractivity contribution >= 4 is 17.9 Å². The number of alkyl carbamates (subject to hydrolysis) is 1. The lowest BCUT2D eigenvalue weighted by molar-refractivity contribution is -0.128. The first-order valence-electron chi connectivity index (χ1n) is 9.96. The molecule has 0 radical (unpaired) electrons. The number of primary amides is 1. The van der Waals surface area contributed by atoms with Crippen LogP contribution in [0.2, 0.25) is 0 Å². The zero-order valence-corrected chi connectivity index (χ0v) is 17.3. The largest absolute Gasteiger partial charge is 0.445 e. The van der Waals surface area contributed by atoms with Gasteiger partial charge in [0.05, 0.1) is 0 Å². The van der Waals surface area contributed by atoms with Crippen LogP contribution in [0.15, 0.2) is 60.7 Å². The van der Waals surface area contributed by atoms with E-state index in [9.17, 15) is 14.4 Å². The molecule has 0 saturated carbocycles. The molecule has 7 nitrogen and oxygen atoms in total. The molecule has 0 bridgehead atoms. The SMILES string of the molecule is CC(C)C[C@H](NC(=O)OCc1ccccc1)C(=O)N[C@@H](Cc1ccccc1)C(N)=O. The monoisotopic (exact) mass is 411 g/mol. The van der Waals surface area contributed by atoms with Crippen molar-refractivity contribution in [3.8, 4) is 0 Å². The van der Waals surface area contributed by atoms with E-state index >= 15 is 0 Å². The number of ether oxygens (including phenoxy) is 1. The molecule has 0 unspecified atom stereocenters. The number of rotatable bonds is 10. The minimum absolute atomic E-state index is 0.0978. The molecule has 160 valence electrons. The third-order valence-corrected chi connectivity index (χ3v) is 4.47. The second kappa shape index (κ2) is 11.6. The summed E-state index contributed by atoms with van der Waals surface area (Å²) in [5, 5.41) is 5.27. The third-order valence-electron chi connectivity index (χ3n) is 4.47. The van der Waals surface area contributed by atoms with Gasteiger partial charge in [0, 0.05) is 6.42 Å². The lowest BCUT2D eigenvalue weighted by atomic mass is 10.0. The van der Waals surface area contributed by atoms with Crippen molar-refractivity contribution in [1.82, 2.24) is 10.6 Å². The fourth-order valence-electron chi connectivity index (χ4n) is 2.95. The smallest absolute Gasteiger partial charge is 0.408 e. The molecule has 4 N–H and O–H groups in total. The molecule has 0 aliphatic carbocycles. The molecule has 2 aromatic rings. The second-order valence-electron chi connectivity index (χ2n) is 7.54. The van der Waals surface area contributed by atoms with Crippen molar-refractivity contribution in [1.29, 1.82) is 0 Å². The van der Waals surface area contributed by atoms with Crippen LogP contribution in [0.5, 0.6) is 0 Å². The standard InChI is InChI=1S/C23H29N3O4/c1-16(2)13-20(26-23(29)30-15-18-11-7-4-8-12-18)22(28)25-19(21(24)27)14-17-9-5-3-6-10-17/h3-12,16,19-20H,13-15H2,1-2H3,(H2,24,27)(H,25,28)(H,26,29)/t19-,20-/m0/s1. The number of nitrogens with one attached hydrogen (secondary N) is 2. The molecule has 0 spiro atoms. The fourth-order valence-corrected chi connectivity index (χ4v) is 2.95. The number of hydrogen-bond acceptors (Lipinski definition) is 4. The van der Waals surface area contributed by atoms with Crippen molar-refractivity contribution in [2.45, 2.75) is 45.4 Å². The van der Waals surface area contributed by atoms with Gasteiger partial charge in [-0.05, 0) is 23.5 Å². The maximum absolute atomic E-state index is 12.8. The highest BCUT2D eigenvalue weighted by molar-refractivity contribution is 5.90. The summed E-state index contributed by atoms with van der Waals surface area (Å²) >= 11 is 0. The zero-order chi connectivity index (χ0) is 21.9. The highest BCUT2D eigenvalue weighted by Gasteiger charge is 2.27. The predicted molar refractivity (Wildman–Crippen MR) is 114 cm³/mol. The average Bonchev–Trinajstić information content (AvgIpc) is 2.72. The molecule has 7 heteroatoms. The average molecular weight is 412 g/mol. The Labute approximate surface area is 177 Å². The van der Waals surface area contributed by atoms with Crippen molar-refractivity contribution < 1.29 is 19.1 Å². The third kappa shape index (κ3) is 7.95. The van der Waals surface area contributed by atoms with Crippen LogP contribution >= 0.6 is 0 Å². The van der Waals surface area contributed by atoms with Crippen LogP contribution in [0.1, 0.15) is 31.4 Å². The van der Waals surface area contributed by atoms with Crippen LogP contribution < -0.4 is 16.4 Å². The first kappa shape index (κ1) is 22.9. The summed E-state index contributed by atoms with van der Waals surface area (Å²) in [6.07, 6.45) is -0.0314. The summed E-state index contributed by atoms with van der Waals surface area (Å²) < 4.78 is 5.22. The Morgan fingerprint density at radius 3 is 1.97 bits per heavy atom. The van der Waals surface area contributed by atoms with E-state index in [1.54, 1.807) is 0 Å². The van der Waals surface area contributed by atoms with Gasteiger partial charge in [0.25, 0.3) is 0 Å². The minimum Gasteiger partial charge on any atom is -0.445 e. The second-order valence-corrected chi connectivity index (χ2v) is 7.54. The van der Waals surface area contributed by atoms with Gasteiger partial charge in [-0.3, -0.25) is 9.59 Å². The van der Waals surface area contributed by atoms with Gasteiger partial charge in [-0.1, -0.05) is 74.5 Å². The van der Waals surface area contributed by atoms with Crippen LogP contribution in [-0.2, 0) is 27.4 Å². The molecule has 2 aromatic carbocycles. The first-order chi connectivity index (χ1) is 14.3. The van der Waals surface area contributed by atoms with Crippen LogP contribution in [0.4, 0.5) is 4.79 Å². The molecule has 0 fully saturated rings. The molecule has 30 heavy (non-hydrogen) atoms. The summed E-state index contributed by atoms with van der Waals surface area (Å²) in [7, 11) is 0. The Morgan fingerprint density at radius 1 is 0.867 bits per heavy atom. The highest BCUT2D eigenvalue weighted by atomic mass is 16.5. The Kier molecular flexibility index (Phi) is 8.87. The van der Waals surface area contributed by atoms with E-state index in [4.69, 9.17) is 10.5 Å². The summed E-state index contributed by atoms with van der Waals surface area (Å²) in [6.45, 7) is 3.97. The molecule has 0 aliphatic heterocycles. The van der Waals surface area contributed by atoms with Crippen molar-refractivity contribution in [2.75, 3.05) is 0 Å². The lowest BCUT2D eigenvalue weighted by Crippen LogP contribution is -2.54. The number of benzene rings is 2. The topological polar surface area (TPSA) is 111 Å². The van der Waals surface area contributed by atoms with Crippen LogP contribution in [0.3, 0.4) is 0 Å². The number of nitrogens with two attached hydrogens (primary N) is 1. The van der Waals surface area contributed by atoms with E-state index in [2.05, 4.69) is 10.6 Å². The maximum atomic E-state index is 12.8. The first-order valence-corrected chi connectivity index (χ1v) is 9.96. The van der Waals surface area contributed by atoms with Gasteiger partial charge >= 0.3 is 6.09 Å². The van der Waals surface area contributed by atoms with E-state index in [-0.39, 0.29) is 18.9 Å². The molecule has 2 atom stereocenters. The summed E-state index contributed by atoms with van der Waals surface area (Å²) in [5.74, 6) is -0.974. The van der Waals surface area contributed by atoms with E-state index in [1.165, 1.54) is 0 Å². The number of carbonyl (C=O) groups is 3. The normalized spacial score (nSPS) is 12.6. The van der Waals surface area contributed by atoms with Gasteiger partial charge < -0.3 is 21.1 Å². The fraction of sp³-hybridized carbons (Fsp3) is 0.348. The number of carbonyl (C=O) groups excluding carboxylic acids is 3. The van der Waals surface area contributed by atoms with Crippen molar-refractivity contribution in [2.24, 2.45) is 11.7 Å². The minimum atomic E-state index is -0.878. The summed E-state index contributed by atoms with van der Waals surface area (Å²) in [4.78, 5) is 36.9. The Bertz CT molecular complexity index is 825. The van der Waals surface area contributed by atoms with Gasteiger partial charge in [-0.25, -0.2) is 4.79 Å². The molecule has 3 amide bonds. The van der Waals surface area contributed by atoms with E-state index in [0.717, 1.165) is 11.1 Å². The Balaban J connectivity index is 1.98. The van der Waals surface area contributed by atoms with Crippen molar-refractivity contribution in [3.05, 3.63) is 71.8 Å². The molecular weight excluding hydrogens is 382 g/mol. The van der Waals surface area contributed by atoms with Crippen LogP contribution in [0.25, 0.3) is 0 Å².